The van der Waals surface area contributed by atoms with Crippen LogP contribution in [-0.2, 0) is 6.18 Å². The maximum Gasteiger partial charge on any atom is 0.416 e. The molecule has 0 amide bonds. The van der Waals surface area contributed by atoms with Gasteiger partial charge in [0.25, 0.3) is 0 Å². The first kappa shape index (κ1) is 14.0. The van der Waals surface area contributed by atoms with Crippen molar-refractivity contribution in [3.63, 3.8) is 0 Å². The van der Waals surface area contributed by atoms with Crippen molar-refractivity contribution in [2.45, 2.75) is 6.18 Å². The summed E-state index contributed by atoms with van der Waals surface area (Å²) in [7, 11) is 0. The Morgan fingerprint density at radius 2 is 1.93 bits per heavy atom. The Bertz CT molecular complexity index is 334. The summed E-state index contributed by atoms with van der Waals surface area (Å²) >= 11 is 0. The second-order valence-corrected chi connectivity index (χ2v) is 2.76. The van der Waals surface area contributed by atoms with E-state index in [1.54, 1.807) is 18.2 Å². The molecule has 1 rings (SSSR count). The normalized spacial score (nSPS) is 11.5. The Morgan fingerprint density at radius 3 is 2.47 bits per heavy atom. The van der Waals surface area contributed by atoms with E-state index in [1.165, 1.54) is 6.07 Å². The second kappa shape index (κ2) is 5.78. The van der Waals surface area contributed by atoms with Crippen LogP contribution in [0.5, 0.6) is 0 Å². The zero-order valence-electron chi connectivity index (χ0n) is 7.79. The molecule has 0 saturated heterocycles. The Kier molecular flexibility index (Phi) is 5.39. The number of hydrogen-bond donors (Lipinski definition) is 1. The number of alkyl halides is 3. The van der Waals surface area contributed by atoms with Gasteiger partial charge in [-0.3, -0.25) is 0 Å². The topological polar surface area (TPSA) is 26.0 Å². The molecule has 0 heterocycles. The van der Waals surface area contributed by atoms with Crippen molar-refractivity contribution in [1.29, 1.82) is 0 Å². The molecule has 0 spiro atoms. The standard InChI is InChI=1S/C10H10F3N.ClH/c11-10(12,13)9-5-1-3-8(7-9)4-2-6-14;/h1-5,7H,6,14H2;1H. The van der Waals surface area contributed by atoms with E-state index in [0.717, 1.165) is 12.1 Å². The quantitative estimate of drug-likeness (QED) is 0.841. The highest BCUT2D eigenvalue weighted by molar-refractivity contribution is 5.85. The van der Waals surface area contributed by atoms with Crippen molar-refractivity contribution in [2.24, 2.45) is 5.73 Å². The molecule has 0 bridgehead atoms. The molecule has 2 N–H and O–H groups in total. The monoisotopic (exact) mass is 237 g/mol. The van der Waals surface area contributed by atoms with E-state index in [1.807, 2.05) is 0 Å². The molecular weight excluding hydrogens is 227 g/mol. The lowest BCUT2D eigenvalue weighted by Crippen LogP contribution is -2.04. The lowest BCUT2D eigenvalue weighted by Gasteiger charge is -2.06. The Hall–Kier alpha value is -1.00. The van der Waals surface area contributed by atoms with Gasteiger partial charge in [-0.1, -0.05) is 24.3 Å². The van der Waals surface area contributed by atoms with E-state index in [4.69, 9.17) is 5.73 Å². The van der Waals surface area contributed by atoms with Crippen LogP contribution in [0.1, 0.15) is 11.1 Å². The summed E-state index contributed by atoms with van der Waals surface area (Å²) < 4.78 is 36.7. The molecule has 0 saturated carbocycles. The highest BCUT2D eigenvalue weighted by Gasteiger charge is 2.30. The first-order chi connectivity index (χ1) is 6.54. The first-order valence-corrected chi connectivity index (χ1v) is 4.08. The number of hydrogen-bond acceptors (Lipinski definition) is 1. The Morgan fingerprint density at radius 1 is 1.27 bits per heavy atom. The summed E-state index contributed by atoms with van der Waals surface area (Å²) in [4.78, 5) is 0. The smallest absolute Gasteiger partial charge is 0.327 e. The van der Waals surface area contributed by atoms with Gasteiger partial charge in [0.15, 0.2) is 0 Å². The predicted octanol–water partition coefficient (Wildman–Crippen LogP) is 3.10. The minimum Gasteiger partial charge on any atom is -0.327 e. The van der Waals surface area contributed by atoms with E-state index in [9.17, 15) is 13.2 Å². The van der Waals surface area contributed by atoms with Crippen molar-refractivity contribution in [3.8, 4) is 0 Å². The molecule has 0 aliphatic carbocycles. The molecule has 0 atom stereocenters. The van der Waals surface area contributed by atoms with E-state index in [2.05, 4.69) is 0 Å². The summed E-state index contributed by atoms with van der Waals surface area (Å²) in [6.45, 7) is 0.316. The number of benzene rings is 1. The van der Waals surface area contributed by atoms with Crippen LogP contribution in [0.4, 0.5) is 13.2 Å². The van der Waals surface area contributed by atoms with Crippen LogP contribution < -0.4 is 5.73 Å². The molecule has 1 aromatic rings. The van der Waals surface area contributed by atoms with E-state index in [0.29, 0.717) is 12.1 Å². The summed E-state index contributed by atoms with van der Waals surface area (Å²) in [5, 5.41) is 0. The third kappa shape index (κ3) is 4.36. The molecular formula is C10H11ClF3N. The highest BCUT2D eigenvalue weighted by atomic mass is 35.5. The van der Waals surface area contributed by atoms with Crippen LogP contribution in [0, 0.1) is 0 Å². The lowest BCUT2D eigenvalue weighted by atomic mass is 10.1. The van der Waals surface area contributed by atoms with Crippen LogP contribution in [-0.4, -0.2) is 6.54 Å². The average Bonchev–Trinajstić information content (AvgIpc) is 2.14. The molecule has 0 unspecified atom stereocenters. The maximum absolute atomic E-state index is 12.2. The van der Waals surface area contributed by atoms with E-state index >= 15 is 0 Å². The van der Waals surface area contributed by atoms with Gasteiger partial charge in [0, 0.05) is 6.54 Å². The Labute approximate surface area is 92.2 Å². The maximum atomic E-state index is 12.2. The minimum atomic E-state index is -4.29. The molecule has 0 fully saturated rings. The van der Waals surface area contributed by atoms with Crippen molar-refractivity contribution >= 4 is 18.5 Å². The highest BCUT2D eigenvalue weighted by Crippen LogP contribution is 2.29. The fourth-order valence-corrected chi connectivity index (χ4v) is 1.02. The zero-order chi connectivity index (χ0) is 10.6. The molecule has 0 aromatic heterocycles. The number of rotatable bonds is 2. The summed E-state index contributed by atoms with van der Waals surface area (Å²) in [6.07, 6.45) is -1.11. The van der Waals surface area contributed by atoms with Gasteiger partial charge in [0.05, 0.1) is 5.56 Å². The molecule has 5 heteroatoms. The Balaban J connectivity index is 0.00000196. The van der Waals surface area contributed by atoms with Crippen LogP contribution in [0.3, 0.4) is 0 Å². The SMILES string of the molecule is Cl.NCC=Cc1cccc(C(F)(F)F)c1. The van der Waals surface area contributed by atoms with Gasteiger partial charge in [0.2, 0.25) is 0 Å². The van der Waals surface area contributed by atoms with Crippen LogP contribution >= 0.6 is 12.4 Å². The predicted molar refractivity (Wildman–Crippen MR) is 56.8 cm³/mol. The number of halogens is 4. The molecule has 84 valence electrons. The van der Waals surface area contributed by atoms with Gasteiger partial charge in [0.1, 0.15) is 0 Å². The van der Waals surface area contributed by atoms with Crippen molar-refractivity contribution in [3.05, 3.63) is 41.5 Å². The largest absolute Gasteiger partial charge is 0.416 e. The molecule has 15 heavy (non-hydrogen) atoms. The molecule has 0 aliphatic heterocycles. The van der Waals surface area contributed by atoms with Crippen molar-refractivity contribution in [1.82, 2.24) is 0 Å². The van der Waals surface area contributed by atoms with Gasteiger partial charge < -0.3 is 5.73 Å². The third-order valence-corrected chi connectivity index (χ3v) is 1.66. The zero-order valence-corrected chi connectivity index (χ0v) is 8.61. The van der Waals surface area contributed by atoms with Gasteiger partial charge in [-0.15, -0.1) is 12.4 Å². The summed E-state index contributed by atoms with van der Waals surface area (Å²) in [6, 6.07) is 5.10. The number of nitrogens with two attached hydrogens (primary N) is 1. The van der Waals surface area contributed by atoms with Gasteiger partial charge in [-0.2, -0.15) is 13.2 Å². The van der Waals surface area contributed by atoms with Gasteiger partial charge in [-0.25, -0.2) is 0 Å². The second-order valence-electron chi connectivity index (χ2n) is 2.76. The lowest BCUT2D eigenvalue weighted by molar-refractivity contribution is -0.137. The van der Waals surface area contributed by atoms with E-state index in [-0.39, 0.29) is 12.4 Å². The van der Waals surface area contributed by atoms with Crippen molar-refractivity contribution in [2.75, 3.05) is 6.54 Å². The van der Waals surface area contributed by atoms with E-state index < -0.39 is 11.7 Å². The first-order valence-electron chi connectivity index (χ1n) is 4.08. The van der Waals surface area contributed by atoms with Gasteiger partial charge >= 0.3 is 6.18 Å². The fraction of sp³-hybridized carbons (Fsp3) is 0.200. The molecule has 1 nitrogen and oxygen atoms in total. The van der Waals surface area contributed by atoms with Crippen LogP contribution in [0.2, 0.25) is 0 Å². The minimum absolute atomic E-state index is 0. The molecule has 1 aromatic carbocycles. The average molecular weight is 238 g/mol. The molecule has 0 aliphatic rings. The molecule has 0 radical (unpaired) electrons. The summed E-state index contributed by atoms with van der Waals surface area (Å²) in [5.41, 5.74) is 5.05. The van der Waals surface area contributed by atoms with Crippen LogP contribution in [0.15, 0.2) is 30.3 Å². The third-order valence-electron chi connectivity index (χ3n) is 1.66. The van der Waals surface area contributed by atoms with Crippen LogP contribution in [0.25, 0.3) is 6.08 Å². The summed E-state index contributed by atoms with van der Waals surface area (Å²) in [5.74, 6) is 0. The van der Waals surface area contributed by atoms with Gasteiger partial charge in [-0.05, 0) is 17.7 Å². The van der Waals surface area contributed by atoms with Crippen molar-refractivity contribution < 1.29 is 13.2 Å². The fourth-order valence-electron chi connectivity index (χ4n) is 1.02.